The molecule has 2 saturated carbocycles. The van der Waals surface area contributed by atoms with E-state index in [9.17, 15) is 0 Å². The molecule has 1 aromatic heterocycles. The quantitative estimate of drug-likeness (QED) is 0.439. The van der Waals surface area contributed by atoms with Gasteiger partial charge in [-0.3, -0.25) is 0 Å². The minimum absolute atomic E-state index is 0.102. The zero-order valence-electron chi connectivity index (χ0n) is 17.2. The van der Waals surface area contributed by atoms with Crippen LogP contribution in [0.3, 0.4) is 0 Å². The van der Waals surface area contributed by atoms with E-state index in [1.807, 2.05) is 0 Å². The molecule has 0 saturated heterocycles. The van der Waals surface area contributed by atoms with E-state index in [-0.39, 0.29) is 6.10 Å². The molecule has 0 aliphatic heterocycles. The maximum atomic E-state index is 6.88. The first kappa shape index (κ1) is 21.6. The van der Waals surface area contributed by atoms with E-state index >= 15 is 0 Å². The van der Waals surface area contributed by atoms with Crippen molar-refractivity contribution in [2.24, 2.45) is 11.3 Å². The third-order valence-electron chi connectivity index (χ3n) is 7.58. The zero-order valence-corrected chi connectivity index (χ0v) is 19.9. The summed E-state index contributed by atoms with van der Waals surface area (Å²) < 4.78 is 6.88. The summed E-state index contributed by atoms with van der Waals surface area (Å²) in [5.41, 5.74) is 1.64. The number of nitrogens with one attached hydrogen (secondary N) is 1. The van der Waals surface area contributed by atoms with E-state index in [0.717, 1.165) is 41.6 Å². The van der Waals surface area contributed by atoms with Crippen LogP contribution < -0.4 is 5.32 Å². The van der Waals surface area contributed by atoms with Crippen LogP contribution in [0.15, 0.2) is 12.4 Å². The Balaban J connectivity index is 1.72. The Bertz CT molecular complexity index is 613. The van der Waals surface area contributed by atoms with E-state index in [1.54, 1.807) is 12.4 Å². The van der Waals surface area contributed by atoms with Gasteiger partial charge in [-0.15, -0.1) is 0 Å². The topological polar surface area (TPSA) is 34.1 Å². The monoisotopic (exact) mass is 429 g/mol. The number of nitrogens with zero attached hydrogens (tertiary/aromatic N) is 1. The van der Waals surface area contributed by atoms with Crippen molar-refractivity contribution >= 4 is 31.5 Å². The molecule has 1 N–H and O–H groups in total. The van der Waals surface area contributed by atoms with Crippen LogP contribution in [0.4, 0.5) is 0 Å². The summed E-state index contributed by atoms with van der Waals surface area (Å²) in [5, 5.41) is 4.98. The van der Waals surface area contributed by atoms with E-state index < -0.39 is 8.32 Å². The summed E-state index contributed by atoms with van der Waals surface area (Å²) in [6.45, 7) is 9.88. The first-order valence-corrected chi connectivity index (χ1v) is 14.4. The average Bonchev–Trinajstić information content (AvgIpc) is 3.43. The Hall–Kier alpha value is -0.133. The molecule has 2 atom stereocenters. The number of pyridine rings is 1. The Kier molecular flexibility index (Phi) is 6.95. The van der Waals surface area contributed by atoms with Crippen LogP contribution in [-0.2, 0) is 4.43 Å². The van der Waals surface area contributed by atoms with Gasteiger partial charge in [0.2, 0.25) is 0 Å². The zero-order chi connectivity index (χ0) is 19.7. The van der Waals surface area contributed by atoms with Crippen molar-refractivity contribution in [1.82, 2.24) is 10.3 Å². The third kappa shape index (κ3) is 4.72. The summed E-state index contributed by atoms with van der Waals surface area (Å²) in [6, 6.07) is 3.91. The molecule has 6 heteroatoms. The molecular weight excluding hydrogens is 395 g/mol. The third-order valence-corrected chi connectivity index (χ3v) is 13.5. The van der Waals surface area contributed by atoms with Gasteiger partial charge in [0.1, 0.15) is 0 Å². The molecule has 0 aromatic carbocycles. The van der Waals surface area contributed by atoms with Gasteiger partial charge in [-0.05, 0) is 0 Å². The van der Waals surface area contributed by atoms with Crippen LogP contribution in [0.1, 0.15) is 65.0 Å². The van der Waals surface area contributed by atoms with Crippen LogP contribution in [0.25, 0.3) is 0 Å². The maximum absolute atomic E-state index is 6.88. The van der Waals surface area contributed by atoms with Crippen molar-refractivity contribution in [2.45, 2.75) is 83.7 Å². The second kappa shape index (κ2) is 8.70. The predicted molar refractivity (Wildman–Crippen MR) is 119 cm³/mol. The molecule has 1 spiro atoms. The molecular formula is C21H35Cl2N2OSi-. The van der Waals surface area contributed by atoms with Gasteiger partial charge in [-0.1, -0.05) is 0 Å². The van der Waals surface area contributed by atoms with Crippen molar-refractivity contribution in [3.05, 3.63) is 28.0 Å². The van der Waals surface area contributed by atoms with Gasteiger partial charge in [0.25, 0.3) is 0 Å². The normalized spacial score (nSPS) is 21.7. The van der Waals surface area contributed by atoms with Crippen LogP contribution in [-0.4, -0.2) is 25.9 Å². The van der Waals surface area contributed by atoms with E-state index in [4.69, 9.17) is 27.6 Å². The van der Waals surface area contributed by atoms with Crippen molar-refractivity contribution in [2.75, 3.05) is 6.54 Å². The van der Waals surface area contributed by atoms with Gasteiger partial charge in [0.15, 0.2) is 0 Å². The van der Waals surface area contributed by atoms with Gasteiger partial charge < -0.3 is 0 Å². The summed E-state index contributed by atoms with van der Waals surface area (Å²) in [7, 11) is -2.12. The van der Waals surface area contributed by atoms with Gasteiger partial charge in [-0.25, -0.2) is 0 Å². The molecule has 3 rings (SSSR count). The fourth-order valence-corrected chi connectivity index (χ4v) is 8.75. The van der Waals surface area contributed by atoms with Gasteiger partial charge in [0.05, 0.1) is 0 Å². The first-order chi connectivity index (χ1) is 12.9. The standard InChI is InChI=1S/C21H35Cl2N2OSi/c1-5-27(6-2,7-3)26-19(20-17(22)12-24-13-18(20)23)14-25-15(4)16-10-21(11-16)8-9-21/h12-13,15-16,19,25,27H,5-11,14H2,1-4H3/q-1. The summed E-state index contributed by atoms with van der Waals surface area (Å²) in [6.07, 6.45) is 8.94. The number of rotatable bonds is 10. The molecule has 1 aromatic rings. The Morgan fingerprint density at radius 3 is 2.19 bits per heavy atom. The van der Waals surface area contributed by atoms with Gasteiger partial charge in [-0.2, -0.15) is 0 Å². The van der Waals surface area contributed by atoms with Gasteiger partial charge >= 0.3 is 176 Å². The second-order valence-electron chi connectivity index (χ2n) is 9.10. The fourth-order valence-electron chi connectivity index (χ4n) is 4.90. The Morgan fingerprint density at radius 2 is 1.70 bits per heavy atom. The van der Waals surface area contributed by atoms with Crippen LogP contribution in [0.5, 0.6) is 0 Å². The number of hydrogen-bond acceptors (Lipinski definition) is 3. The first-order valence-electron chi connectivity index (χ1n) is 10.8. The molecule has 2 aliphatic rings. The van der Waals surface area contributed by atoms with E-state index in [1.165, 1.54) is 25.7 Å². The SMILES string of the molecule is CC[SiH-](CC)(CC)OC(CNC(C)C1CC2(CC2)C1)c1c(Cl)cncc1Cl. The fraction of sp³-hybridized carbons (Fsp3) is 0.762. The Morgan fingerprint density at radius 1 is 1.15 bits per heavy atom. The molecule has 154 valence electrons. The van der Waals surface area contributed by atoms with E-state index in [2.05, 4.69) is 38.0 Å². The number of halogens is 2. The van der Waals surface area contributed by atoms with Crippen molar-refractivity contribution in [3.63, 3.8) is 0 Å². The molecule has 2 aliphatic carbocycles. The second-order valence-corrected chi connectivity index (χ2v) is 15.4. The molecule has 3 nitrogen and oxygen atoms in total. The summed E-state index contributed by atoms with van der Waals surface area (Å²) in [4.78, 5) is 4.13. The van der Waals surface area contributed by atoms with Crippen LogP contribution in [0.2, 0.25) is 28.2 Å². The van der Waals surface area contributed by atoms with Gasteiger partial charge in [0, 0.05) is 0 Å². The van der Waals surface area contributed by atoms with Crippen molar-refractivity contribution < 1.29 is 4.43 Å². The number of aromatic nitrogens is 1. The number of hydrogen-bond donors (Lipinski definition) is 1. The summed E-state index contributed by atoms with van der Waals surface area (Å²) >= 11 is 13.0. The van der Waals surface area contributed by atoms with Crippen molar-refractivity contribution in [3.8, 4) is 0 Å². The summed E-state index contributed by atoms with van der Waals surface area (Å²) in [5.74, 6) is 0.796. The Labute approximate surface area is 175 Å². The molecule has 27 heavy (non-hydrogen) atoms. The molecule has 2 fully saturated rings. The molecule has 1 heterocycles. The molecule has 0 bridgehead atoms. The average molecular weight is 431 g/mol. The van der Waals surface area contributed by atoms with Crippen molar-refractivity contribution in [1.29, 1.82) is 0 Å². The molecule has 0 radical (unpaired) electrons. The molecule has 2 unspecified atom stereocenters. The minimum atomic E-state index is -2.12. The van der Waals surface area contributed by atoms with E-state index in [0.29, 0.717) is 16.1 Å². The molecule has 0 amide bonds. The predicted octanol–water partition coefficient (Wildman–Crippen LogP) is 6.35. The van der Waals surface area contributed by atoms with Crippen LogP contribution in [0, 0.1) is 11.3 Å². The van der Waals surface area contributed by atoms with Crippen LogP contribution >= 0.6 is 23.2 Å².